The minimum atomic E-state index is 0.421. The number of rotatable bonds is 8. The Morgan fingerprint density at radius 3 is 2.94 bits per heavy atom. The summed E-state index contributed by atoms with van der Waals surface area (Å²) in [6, 6.07) is 0.471. The molecule has 0 saturated carbocycles. The first-order valence-corrected chi connectivity index (χ1v) is 6.26. The van der Waals surface area contributed by atoms with Crippen molar-refractivity contribution in [3.05, 3.63) is 0 Å². The summed E-state index contributed by atoms with van der Waals surface area (Å²) in [6.45, 7) is 7.02. The van der Waals surface area contributed by atoms with Crippen LogP contribution in [0.3, 0.4) is 0 Å². The van der Waals surface area contributed by atoms with Crippen LogP contribution in [0.1, 0.15) is 19.8 Å². The first-order chi connectivity index (χ1) is 7.74. The van der Waals surface area contributed by atoms with Gasteiger partial charge in [0.25, 0.3) is 0 Å². The summed E-state index contributed by atoms with van der Waals surface area (Å²) in [6.07, 6.45) is 2.84. The Kier molecular flexibility index (Phi) is 6.96. The maximum atomic E-state index is 5.64. The Bertz CT molecular complexity index is 172. The molecule has 1 fully saturated rings. The van der Waals surface area contributed by atoms with Crippen LogP contribution in [-0.4, -0.2) is 64.1 Å². The van der Waals surface area contributed by atoms with Crippen molar-refractivity contribution in [1.29, 1.82) is 0 Å². The Morgan fingerprint density at radius 1 is 1.50 bits per heavy atom. The van der Waals surface area contributed by atoms with E-state index < -0.39 is 0 Å². The van der Waals surface area contributed by atoms with Crippen molar-refractivity contribution in [2.24, 2.45) is 0 Å². The van der Waals surface area contributed by atoms with Crippen LogP contribution >= 0.6 is 0 Å². The van der Waals surface area contributed by atoms with Gasteiger partial charge in [0.2, 0.25) is 0 Å². The number of methoxy groups -OCH3 is 1. The smallest absolute Gasteiger partial charge is 0.0726 e. The molecule has 1 N–H and O–H groups in total. The molecule has 1 aliphatic heterocycles. The summed E-state index contributed by atoms with van der Waals surface area (Å²) < 4.78 is 10.7. The molecule has 1 aliphatic rings. The van der Waals surface area contributed by atoms with Crippen molar-refractivity contribution < 1.29 is 9.47 Å². The summed E-state index contributed by atoms with van der Waals surface area (Å²) in [4.78, 5) is 2.28. The van der Waals surface area contributed by atoms with Gasteiger partial charge in [-0.2, -0.15) is 0 Å². The number of ether oxygens (including phenoxy) is 2. The lowest BCUT2D eigenvalue weighted by atomic mass is 10.1. The molecule has 2 unspecified atom stereocenters. The van der Waals surface area contributed by atoms with Gasteiger partial charge in [0, 0.05) is 39.4 Å². The lowest BCUT2D eigenvalue weighted by molar-refractivity contribution is 0.0825. The third kappa shape index (κ3) is 5.25. The van der Waals surface area contributed by atoms with E-state index in [0.717, 1.165) is 32.8 Å². The first kappa shape index (κ1) is 13.9. The third-order valence-electron chi connectivity index (χ3n) is 3.16. The van der Waals surface area contributed by atoms with E-state index >= 15 is 0 Å². The number of hydrogen-bond donors (Lipinski definition) is 1. The van der Waals surface area contributed by atoms with E-state index in [1.165, 1.54) is 12.8 Å². The van der Waals surface area contributed by atoms with Crippen molar-refractivity contribution in [3.63, 3.8) is 0 Å². The van der Waals surface area contributed by atoms with Crippen LogP contribution in [0.2, 0.25) is 0 Å². The second kappa shape index (κ2) is 8.01. The van der Waals surface area contributed by atoms with Crippen LogP contribution < -0.4 is 5.32 Å². The molecular weight excluding hydrogens is 204 g/mol. The van der Waals surface area contributed by atoms with Gasteiger partial charge in [-0.05, 0) is 26.8 Å². The zero-order valence-corrected chi connectivity index (χ0v) is 10.9. The topological polar surface area (TPSA) is 33.7 Å². The number of hydrogen-bond acceptors (Lipinski definition) is 4. The average Bonchev–Trinajstić information content (AvgIpc) is 2.79. The molecule has 4 heteroatoms. The fraction of sp³-hybridized carbons (Fsp3) is 1.00. The summed E-state index contributed by atoms with van der Waals surface area (Å²) in [5, 5.41) is 3.52. The molecular formula is C12H26N2O2. The first-order valence-electron chi connectivity index (χ1n) is 6.26. The molecule has 0 aliphatic carbocycles. The maximum absolute atomic E-state index is 5.64. The highest BCUT2D eigenvalue weighted by atomic mass is 16.5. The minimum absolute atomic E-state index is 0.421. The van der Waals surface area contributed by atoms with Crippen LogP contribution in [0, 0.1) is 0 Å². The highest BCUT2D eigenvalue weighted by Crippen LogP contribution is 2.14. The Morgan fingerprint density at radius 2 is 2.31 bits per heavy atom. The van der Waals surface area contributed by atoms with E-state index in [1.807, 2.05) is 0 Å². The zero-order chi connectivity index (χ0) is 11.8. The number of nitrogens with one attached hydrogen (secondary N) is 1. The van der Waals surface area contributed by atoms with E-state index in [0.29, 0.717) is 12.1 Å². The van der Waals surface area contributed by atoms with Crippen molar-refractivity contribution in [2.45, 2.75) is 31.9 Å². The van der Waals surface area contributed by atoms with Gasteiger partial charge in [-0.3, -0.25) is 0 Å². The van der Waals surface area contributed by atoms with Crippen LogP contribution in [-0.2, 0) is 9.47 Å². The van der Waals surface area contributed by atoms with Gasteiger partial charge in [0.05, 0.1) is 12.7 Å². The van der Waals surface area contributed by atoms with E-state index in [9.17, 15) is 0 Å². The third-order valence-corrected chi connectivity index (χ3v) is 3.16. The average molecular weight is 230 g/mol. The van der Waals surface area contributed by atoms with Gasteiger partial charge in [-0.1, -0.05) is 0 Å². The summed E-state index contributed by atoms with van der Waals surface area (Å²) in [5.74, 6) is 0. The molecule has 0 radical (unpaired) electrons. The molecule has 0 aromatic heterocycles. The predicted octanol–water partition coefficient (Wildman–Crippen LogP) is 0.722. The van der Waals surface area contributed by atoms with Crippen LogP contribution in [0.4, 0.5) is 0 Å². The van der Waals surface area contributed by atoms with Crippen molar-refractivity contribution in [1.82, 2.24) is 10.2 Å². The van der Waals surface area contributed by atoms with Crippen molar-refractivity contribution >= 4 is 0 Å². The summed E-state index contributed by atoms with van der Waals surface area (Å²) >= 11 is 0. The molecule has 2 atom stereocenters. The van der Waals surface area contributed by atoms with Crippen molar-refractivity contribution in [3.8, 4) is 0 Å². The molecule has 0 aromatic rings. The molecule has 4 nitrogen and oxygen atoms in total. The van der Waals surface area contributed by atoms with E-state index in [4.69, 9.17) is 9.47 Å². The molecule has 0 amide bonds. The second-order valence-electron chi connectivity index (χ2n) is 4.59. The molecule has 1 heterocycles. The summed E-state index contributed by atoms with van der Waals surface area (Å²) in [7, 11) is 3.86. The fourth-order valence-electron chi connectivity index (χ4n) is 1.97. The Hall–Kier alpha value is -0.160. The highest BCUT2D eigenvalue weighted by Gasteiger charge is 2.21. The lowest BCUT2D eigenvalue weighted by Crippen LogP contribution is -2.41. The minimum Gasteiger partial charge on any atom is -0.383 e. The SMILES string of the molecule is COCCN(C)CCNC(C)C1CCCO1. The summed E-state index contributed by atoms with van der Waals surface area (Å²) in [5.41, 5.74) is 0. The van der Waals surface area contributed by atoms with E-state index in [1.54, 1.807) is 7.11 Å². The second-order valence-corrected chi connectivity index (χ2v) is 4.59. The molecule has 0 bridgehead atoms. The largest absolute Gasteiger partial charge is 0.383 e. The van der Waals surface area contributed by atoms with Gasteiger partial charge in [0.1, 0.15) is 0 Å². The maximum Gasteiger partial charge on any atom is 0.0726 e. The van der Waals surface area contributed by atoms with Crippen LogP contribution in [0.15, 0.2) is 0 Å². The normalized spacial score (nSPS) is 22.9. The fourth-order valence-corrected chi connectivity index (χ4v) is 1.97. The molecule has 1 rings (SSSR count). The molecule has 1 saturated heterocycles. The van der Waals surface area contributed by atoms with E-state index in [2.05, 4.69) is 24.2 Å². The van der Waals surface area contributed by atoms with Crippen molar-refractivity contribution in [2.75, 3.05) is 47.0 Å². The van der Waals surface area contributed by atoms with Gasteiger partial charge < -0.3 is 19.7 Å². The van der Waals surface area contributed by atoms with E-state index in [-0.39, 0.29) is 0 Å². The standard InChI is InChI=1S/C12H26N2O2/c1-11(12-5-4-9-16-12)13-6-7-14(2)8-10-15-3/h11-13H,4-10H2,1-3H3. The Balaban J connectivity index is 2.00. The quantitative estimate of drug-likeness (QED) is 0.666. The van der Waals surface area contributed by atoms with Crippen LogP contribution in [0.25, 0.3) is 0 Å². The molecule has 0 aromatic carbocycles. The predicted molar refractivity (Wildman–Crippen MR) is 65.8 cm³/mol. The van der Waals surface area contributed by atoms with Gasteiger partial charge in [-0.25, -0.2) is 0 Å². The zero-order valence-electron chi connectivity index (χ0n) is 10.9. The number of likely N-dealkylation sites (N-methyl/N-ethyl adjacent to an activating group) is 1. The molecule has 0 spiro atoms. The monoisotopic (exact) mass is 230 g/mol. The van der Waals surface area contributed by atoms with Crippen LogP contribution in [0.5, 0.6) is 0 Å². The Labute approximate surface area is 99.3 Å². The number of nitrogens with zero attached hydrogens (tertiary/aromatic N) is 1. The highest BCUT2D eigenvalue weighted by molar-refractivity contribution is 4.76. The van der Waals surface area contributed by atoms with Gasteiger partial charge >= 0.3 is 0 Å². The molecule has 16 heavy (non-hydrogen) atoms. The molecule has 96 valence electrons. The van der Waals surface area contributed by atoms with Gasteiger partial charge in [-0.15, -0.1) is 0 Å². The van der Waals surface area contributed by atoms with Gasteiger partial charge in [0.15, 0.2) is 0 Å². The lowest BCUT2D eigenvalue weighted by Gasteiger charge is -2.22.